The monoisotopic (exact) mass is 396 g/mol. The van der Waals surface area contributed by atoms with Crippen molar-refractivity contribution in [2.75, 3.05) is 31.6 Å². The second-order valence-electron chi connectivity index (χ2n) is 7.07. The molecule has 5 rings (SSSR count). The fourth-order valence-electron chi connectivity index (χ4n) is 3.85. The van der Waals surface area contributed by atoms with Gasteiger partial charge in [-0.2, -0.15) is 0 Å². The van der Waals surface area contributed by atoms with Gasteiger partial charge < -0.3 is 19.4 Å². The number of furan rings is 1. The number of fused-ring (bicyclic) bond motifs is 2. The number of nitrogens with one attached hydrogen (secondary N) is 1. The standard InChI is InChI=1S/C21H20N2O4S/c24-20(17-12-13-4-3-7-16(13)28-17)22-18-14-5-1-2-6-15(14)27-19(18)21(25)23-8-10-26-11-9-23/h1-2,5-6,12H,3-4,7-11H2,(H,22,24). The van der Waals surface area contributed by atoms with Gasteiger partial charge in [0.1, 0.15) is 11.3 Å². The molecule has 2 aromatic heterocycles. The van der Waals surface area contributed by atoms with Crippen LogP contribution in [-0.4, -0.2) is 43.0 Å². The highest BCUT2D eigenvalue weighted by molar-refractivity contribution is 7.14. The molecule has 28 heavy (non-hydrogen) atoms. The number of morpholine rings is 1. The molecule has 0 saturated carbocycles. The number of aryl methyl sites for hydroxylation is 2. The average Bonchev–Trinajstić information content (AvgIpc) is 3.42. The third-order valence-corrected chi connectivity index (χ3v) is 6.53. The number of benzene rings is 1. The first-order chi connectivity index (χ1) is 13.7. The summed E-state index contributed by atoms with van der Waals surface area (Å²) in [5.41, 5.74) is 2.31. The van der Waals surface area contributed by atoms with E-state index >= 15 is 0 Å². The van der Waals surface area contributed by atoms with E-state index < -0.39 is 0 Å². The van der Waals surface area contributed by atoms with Gasteiger partial charge in [0.2, 0.25) is 5.76 Å². The molecule has 0 radical (unpaired) electrons. The second kappa shape index (κ2) is 7.07. The van der Waals surface area contributed by atoms with Crippen LogP contribution in [0.1, 0.15) is 37.1 Å². The maximum atomic E-state index is 13.0. The highest BCUT2D eigenvalue weighted by atomic mass is 32.1. The van der Waals surface area contributed by atoms with Gasteiger partial charge in [-0.25, -0.2) is 0 Å². The number of hydrogen-bond donors (Lipinski definition) is 1. The predicted octanol–water partition coefficient (Wildman–Crippen LogP) is 3.71. The van der Waals surface area contributed by atoms with Crippen molar-refractivity contribution in [1.82, 2.24) is 4.90 Å². The molecule has 1 N–H and O–H groups in total. The van der Waals surface area contributed by atoms with E-state index in [-0.39, 0.29) is 17.6 Å². The van der Waals surface area contributed by atoms with Gasteiger partial charge in [0.25, 0.3) is 11.8 Å². The van der Waals surface area contributed by atoms with Gasteiger partial charge in [-0.1, -0.05) is 12.1 Å². The summed E-state index contributed by atoms with van der Waals surface area (Å²) in [5, 5.41) is 3.69. The number of amides is 2. The van der Waals surface area contributed by atoms with Gasteiger partial charge >= 0.3 is 0 Å². The summed E-state index contributed by atoms with van der Waals surface area (Å²) in [5.74, 6) is -0.231. The summed E-state index contributed by atoms with van der Waals surface area (Å²) < 4.78 is 11.2. The van der Waals surface area contributed by atoms with Crippen LogP contribution in [0, 0.1) is 0 Å². The number of carbonyl (C=O) groups excluding carboxylic acids is 2. The topological polar surface area (TPSA) is 71.8 Å². The third-order valence-electron chi connectivity index (χ3n) is 5.30. The summed E-state index contributed by atoms with van der Waals surface area (Å²) in [6.45, 7) is 2.05. The van der Waals surface area contributed by atoms with Crippen LogP contribution in [0.5, 0.6) is 0 Å². The van der Waals surface area contributed by atoms with Gasteiger partial charge in [0.15, 0.2) is 0 Å². The van der Waals surface area contributed by atoms with Crippen LogP contribution in [0.3, 0.4) is 0 Å². The molecular weight excluding hydrogens is 376 g/mol. The minimum atomic E-state index is -0.219. The van der Waals surface area contributed by atoms with Crippen molar-refractivity contribution in [1.29, 1.82) is 0 Å². The predicted molar refractivity (Wildman–Crippen MR) is 107 cm³/mol. The van der Waals surface area contributed by atoms with Crippen molar-refractivity contribution in [2.24, 2.45) is 0 Å². The largest absolute Gasteiger partial charge is 0.449 e. The van der Waals surface area contributed by atoms with Crippen molar-refractivity contribution < 1.29 is 18.7 Å². The Labute approximate surface area is 166 Å². The molecular formula is C21H20N2O4S. The van der Waals surface area contributed by atoms with Crippen LogP contribution in [0.2, 0.25) is 0 Å². The average molecular weight is 396 g/mol. The Hall–Kier alpha value is -2.64. The van der Waals surface area contributed by atoms with Gasteiger partial charge in [-0.3, -0.25) is 9.59 Å². The number of thiophene rings is 1. The zero-order chi connectivity index (χ0) is 19.1. The molecule has 0 bridgehead atoms. The molecule has 0 unspecified atom stereocenters. The smallest absolute Gasteiger partial charge is 0.291 e. The number of carbonyl (C=O) groups is 2. The molecule has 1 aliphatic carbocycles. The normalized spacial score (nSPS) is 16.4. The van der Waals surface area contributed by atoms with Crippen molar-refractivity contribution in [3.8, 4) is 0 Å². The van der Waals surface area contributed by atoms with Crippen molar-refractivity contribution in [2.45, 2.75) is 19.3 Å². The summed E-state index contributed by atoms with van der Waals surface area (Å²) in [4.78, 5) is 29.7. The van der Waals surface area contributed by atoms with Crippen molar-refractivity contribution >= 4 is 39.8 Å². The molecule has 3 heterocycles. The molecule has 7 heteroatoms. The highest BCUT2D eigenvalue weighted by Crippen LogP contribution is 2.34. The Balaban J connectivity index is 1.49. The van der Waals surface area contributed by atoms with Gasteiger partial charge in [-0.05, 0) is 43.0 Å². The van der Waals surface area contributed by atoms with E-state index in [0.29, 0.717) is 42.5 Å². The maximum Gasteiger partial charge on any atom is 0.291 e. The van der Waals surface area contributed by atoms with E-state index in [1.165, 1.54) is 10.4 Å². The molecule has 3 aromatic rings. The molecule has 1 fully saturated rings. The van der Waals surface area contributed by atoms with Gasteiger partial charge in [-0.15, -0.1) is 11.3 Å². The first-order valence-electron chi connectivity index (χ1n) is 9.52. The molecule has 1 saturated heterocycles. The lowest BCUT2D eigenvalue weighted by Crippen LogP contribution is -2.40. The van der Waals surface area contributed by atoms with Crippen LogP contribution in [0.25, 0.3) is 11.0 Å². The maximum absolute atomic E-state index is 13.0. The quantitative estimate of drug-likeness (QED) is 0.733. The summed E-state index contributed by atoms with van der Waals surface area (Å²) in [6.07, 6.45) is 3.24. The van der Waals surface area contributed by atoms with E-state index in [1.54, 1.807) is 22.3 Å². The lowest BCUT2D eigenvalue weighted by Gasteiger charge is -2.26. The fraction of sp³-hybridized carbons (Fsp3) is 0.333. The molecule has 1 aliphatic heterocycles. The van der Waals surface area contributed by atoms with E-state index in [4.69, 9.17) is 9.15 Å². The Morgan fingerprint density at radius 2 is 1.93 bits per heavy atom. The van der Waals surface area contributed by atoms with Crippen LogP contribution in [0.15, 0.2) is 34.7 Å². The highest BCUT2D eigenvalue weighted by Gasteiger charge is 2.28. The zero-order valence-electron chi connectivity index (χ0n) is 15.3. The van der Waals surface area contributed by atoms with E-state index in [1.807, 2.05) is 24.3 Å². The van der Waals surface area contributed by atoms with Crippen molar-refractivity contribution in [3.63, 3.8) is 0 Å². The van der Waals surface area contributed by atoms with Gasteiger partial charge in [0.05, 0.1) is 18.1 Å². The Kier molecular flexibility index (Phi) is 4.41. The third kappa shape index (κ3) is 3.00. The minimum absolute atomic E-state index is 0.181. The molecule has 0 atom stereocenters. The lowest BCUT2D eigenvalue weighted by molar-refractivity contribution is 0.0285. The number of ether oxygens (including phenoxy) is 1. The van der Waals surface area contributed by atoms with Gasteiger partial charge in [0, 0.05) is 23.4 Å². The van der Waals surface area contributed by atoms with Crippen LogP contribution >= 0.6 is 11.3 Å². The fourth-order valence-corrected chi connectivity index (χ4v) is 5.00. The molecule has 0 spiro atoms. The first-order valence-corrected chi connectivity index (χ1v) is 10.3. The SMILES string of the molecule is O=C(Nc1c(C(=O)N2CCOCC2)oc2ccccc12)c1cc2c(s1)CCC2. The number of anilines is 1. The molecule has 144 valence electrons. The number of para-hydroxylation sites is 1. The molecule has 1 aromatic carbocycles. The number of rotatable bonds is 3. The molecule has 6 nitrogen and oxygen atoms in total. The zero-order valence-corrected chi connectivity index (χ0v) is 16.1. The lowest BCUT2D eigenvalue weighted by atomic mass is 10.2. The second-order valence-corrected chi connectivity index (χ2v) is 8.21. The minimum Gasteiger partial charge on any atom is -0.449 e. The van der Waals surface area contributed by atoms with Crippen molar-refractivity contribution in [3.05, 3.63) is 51.4 Å². The molecule has 2 amide bonds. The summed E-state index contributed by atoms with van der Waals surface area (Å²) in [7, 11) is 0. The Morgan fingerprint density at radius 1 is 1.11 bits per heavy atom. The number of hydrogen-bond acceptors (Lipinski definition) is 5. The number of nitrogens with zero attached hydrogens (tertiary/aromatic N) is 1. The summed E-state index contributed by atoms with van der Waals surface area (Å²) in [6, 6.07) is 9.37. The van der Waals surface area contributed by atoms with Crippen LogP contribution in [0.4, 0.5) is 5.69 Å². The van der Waals surface area contributed by atoms with Crippen LogP contribution in [-0.2, 0) is 17.6 Å². The molecule has 2 aliphatic rings. The van der Waals surface area contributed by atoms with Crippen LogP contribution < -0.4 is 5.32 Å². The Morgan fingerprint density at radius 3 is 2.75 bits per heavy atom. The van der Waals surface area contributed by atoms with E-state index in [9.17, 15) is 9.59 Å². The summed E-state index contributed by atoms with van der Waals surface area (Å²) >= 11 is 1.55. The first kappa shape index (κ1) is 17.5. The Bertz CT molecular complexity index is 1040. The van der Waals surface area contributed by atoms with E-state index in [2.05, 4.69) is 5.32 Å². The van der Waals surface area contributed by atoms with E-state index in [0.717, 1.165) is 24.6 Å².